The summed E-state index contributed by atoms with van der Waals surface area (Å²) < 4.78 is 10.2. The molecule has 2 aromatic carbocycles. The maximum atomic E-state index is 10.5. The number of carbonyl (C=O) groups is 1. The Balaban J connectivity index is 1.64. The van der Waals surface area contributed by atoms with E-state index in [9.17, 15) is 4.79 Å². The summed E-state index contributed by atoms with van der Waals surface area (Å²) in [4.78, 5) is 17.3. The minimum Gasteiger partial charge on any atom is -0.489 e. The molecule has 0 aliphatic heterocycles. The highest BCUT2D eigenvalue weighted by atomic mass is 16.7. The Kier molecular flexibility index (Phi) is 4.24. The van der Waals surface area contributed by atoms with Crippen LogP contribution in [0.2, 0.25) is 0 Å². The first kappa shape index (κ1) is 14.6. The molecule has 3 rings (SSSR count). The van der Waals surface area contributed by atoms with Crippen LogP contribution in [0.15, 0.2) is 60.8 Å². The van der Waals surface area contributed by atoms with Gasteiger partial charge in [-0.15, -0.1) is 0 Å². The highest BCUT2D eigenvalue weighted by Crippen LogP contribution is 2.22. The molecule has 0 aliphatic carbocycles. The average molecular weight is 310 g/mol. The van der Waals surface area contributed by atoms with Gasteiger partial charge in [0.2, 0.25) is 5.88 Å². The van der Waals surface area contributed by atoms with E-state index in [1.165, 1.54) is 6.20 Å². The summed E-state index contributed by atoms with van der Waals surface area (Å²) in [5, 5.41) is 8.55. The summed E-state index contributed by atoms with van der Waals surface area (Å²) in [5.41, 5.74) is 1.90. The molecule has 0 atom stereocenters. The number of nitrogens with one attached hydrogen (secondary N) is 1. The lowest BCUT2D eigenvalue weighted by atomic mass is 10.2. The maximum Gasteiger partial charge on any atom is 0.512 e. The SMILES string of the molecule is O=C(O)Oc1cnc(-c2ccc(OCc3ccccc3)cc2)[nH]1. The first-order chi connectivity index (χ1) is 11.2. The predicted octanol–water partition coefficient (Wildman–Crippen LogP) is 3.71. The normalized spacial score (nSPS) is 10.3. The minimum absolute atomic E-state index is 0.0805. The quantitative estimate of drug-likeness (QED) is 0.702. The molecule has 1 aromatic heterocycles. The van der Waals surface area contributed by atoms with Crippen molar-refractivity contribution in [3.8, 4) is 23.0 Å². The third-order valence-electron chi connectivity index (χ3n) is 3.13. The Bertz CT molecular complexity index is 782. The fourth-order valence-corrected chi connectivity index (χ4v) is 2.05. The zero-order chi connectivity index (χ0) is 16.1. The summed E-state index contributed by atoms with van der Waals surface area (Å²) in [6.07, 6.45) is -0.0617. The van der Waals surface area contributed by atoms with Crippen molar-refractivity contribution in [3.63, 3.8) is 0 Å². The number of ether oxygens (including phenoxy) is 2. The highest BCUT2D eigenvalue weighted by molar-refractivity contribution is 5.62. The lowest BCUT2D eigenvalue weighted by molar-refractivity contribution is 0.143. The van der Waals surface area contributed by atoms with Gasteiger partial charge in [0.15, 0.2) is 0 Å². The molecule has 0 saturated carbocycles. The van der Waals surface area contributed by atoms with Gasteiger partial charge in [0, 0.05) is 5.56 Å². The fourth-order valence-electron chi connectivity index (χ4n) is 2.05. The van der Waals surface area contributed by atoms with Crippen LogP contribution in [-0.4, -0.2) is 21.2 Å². The van der Waals surface area contributed by atoms with Crippen LogP contribution in [0.25, 0.3) is 11.4 Å². The number of nitrogens with zero attached hydrogens (tertiary/aromatic N) is 1. The van der Waals surface area contributed by atoms with Crippen molar-refractivity contribution < 1.29 is 19.4 Å². The van der Waals surface area contributed by atoms with E-state index in [2.05, 4.69) is 14.7 Å². The molecule has 0 fully saturated rings. The lowest BCUT2D eigenvalue weighted by Gasteiger charge is -2.06. The Morgan fingerprint density at radius 3 is 2.52 bits per heavy atom. The van der Waals surface area contributed by atoms with Crippen LogP contribution in [0.1, 0.15) is 5.56 Å². The van der Waals surface area contributed by atoms with Gasteiger partial charge in [0.1, 0.15) is 18.2 Å². The first-order valence-electron chi connectivity index (χ1n) is 6.93. The van der Waals surface area contributed by atoms with Crippen LogP contribution in [-0.2, 0) is 6.61 Å². The molecule has 0 unspecified atom stereocenters. The van der Waals surface area contributed by atoms with E-state index < -0.39 is 6.16 Å². The van der Waals surface area contributed by atoms with E-state index >= 15 is 0 Å². The molecule has 6 heteroatoms. The van der Waals surface area contributed by atoms with Crippen LogP contribution in [0.3, 0.4) is 0 Å². The Hall–Kier alpha value is -3.28. The van der Waals surface area contributed by atoms with Gasteiger partial charge in [-0.1, -0.05) is 30.3 Å². The van der Waals surface area contributed by atoms with E-state index in [1.54, 1.807) is 0 Å². The lowest BCUT2D eigenvalue weighted by Crippen LogP contribution is -2.02. The number of aromatic amines is 1. The van der Waals surface area contributed by atoms with Gasteiger partial charge in [-0.2, -0.15) is 0 Å². The zero-order valence-corrected chi connectivity index (χ0v) is 12.1. The molecule has 3 aromatic rings. The van der Waals surface area contributed by atoms with Crippen LogP contribution in [0.4, 0.5) is 4.79 Å². The van der Waals surface area contributed by atoms with E-state index in [1.807, 2.05) is 54.6 Å². The Morgan fingerprint density at radius 2 is 1.83 bits per heavy atom. The van der Waals surface area contributed by atoms with E-state index in [0.29, 0.717) is 12.4 Å². The first-order valence-corrected chi connectivity index (χ1v) is 6.93. The second-order valence-electron chi connectivity index (χ2n) is 4.76. The number of hydrogen-bond acceptors (Lipinski definition) is 4. The molecule has 0 amide bonds. The number of carboxylic acid groups (broad SMARTS) is 1. The fraction of sp³-hybridized carbons (Fsp3) is 0.0588. The van der Waals surface area contributed by atoms with Gasteiger partial charge < -0.3 is 19.6 Å². The van der Waals surface area contributed by atoms with Crippen molar-refractivity contribution in [1.82, 2.24) is 9.97 Å². The molecule has 0 spiro atoms. The molecular formula is C17H14N2O4. The number of rotatable bonds is 5. The van der Waals surface area contributed by atoms with Crippen molar-refractivity contribution in [1.29, 1.82) is 0 Å². The number of hydrogen-bond donors (Lipinski definition) is 2. The molecule has 0 radical (unpaired) electrons. The minimum atomic E-state index is -1.38. The summed E-state index contributed by atoms with van der Waals surface area (Å²) in [7, 11) is 0. The summed E-state index contributed by atoms with van der Waals surface area (Å²) in [6.45, 7) is 0.498. The van der Waals surface area contributed by atoms with Gasteiger partial charge in [0.05, 0.1) is 6.20 Å². The number of imidazole rings is 1. The molecule has 0 saturated heterocycles. The third-order valence-corrected chi connectivity index (χ3v) is 3.13. The number of H-pyrrole nitrogens is 1. The van der Waals surface area contributed by atoms with Crippen LogP contribution < -0.4 is 9.47 Å². The highest BCUT2D eigenvalue weighted by Gasteiger charge is 2.07. The van der Waals surface area contributed by atoms with Crippen LogP contribution in [0.5, 0.6) is 11.6 Å². The summed E-state index contributed by atoms with van der Waals surface area (Å²) >= 11 is 0. The van der Waals surface area contributed by atoms with E-state index in [0.717, 1.165) is 16.9 Å². The maximum absolute atomic E-state index is 10.5. The molecule has 1 heterocycles. The number of benzene rings is 2. The molecule has 0 aliphatic rings. The summed E-state index contributed by atoms with van der Waals surface area (Å²) in [6, 6.07) is 17.2. The van der Waals surface area contributed by atoms with Crippen LogP contribution in [0, 0.1) is 0 Å². The van der Waals surface area contributed by atoms with Crippen molar-refractivity contribution >= 4 is 6.16 Å². The molecule has 116 valence electrons. The second-order valence-corrected chi connectivity index (χ2v) is 4.76. The molecular weight excluding hydrogens is 296 g/mol. The van der Waals surface area contributed by atoms with E-state index in [-0.39, 0.29) is 5.88 Å². The van der Waals surface area contributed by atoms with Crippen molar-refractivity contribution in [2.45, 2.75) is 6.61 Å². The Morgan fingerprint density at radius 1 is 1.09 bits per heavy atom. The molecule has 2 N–H and O–H groups in total. The topological polar surface area (TPSA) is 84.4 Å². The zero-order valence-electron chi connectivity index (χ0n) is 12.1. The average Bonchev–Trinajstić information content (AvgIpc) is 3.02. The monoisotopic (exact) mass is 310 g/mol. The summed E-state index contributed by atoms with van der Waals surface area (Å²) in [5.74, 6) is 1.35. The molecule has 23 heavy (non-hydrogen) atoms. The van der Waals surface area contributed by atoms with Crippen LogP contribution >= 0.6 is 0 Å². The largest absolute Gasteiger partial charge is 0.512 e. The standard InChI is InChI=1S/C17H14N2O4/c20-17(21)23-15-10-18-16(19-15)13-6-8-14(9-7-13)22-11-12-4-2-1-3-5-12/h1-10H,11H2,(H,18,19)(H,20,21). The van der Waals surface area contributed by atoms with Gasteiger partial charge in [-0.3, -0.25) is 0 Å². The number of aromatic nitrogens is 2. The molecule has 0 bridgehead atoms. The van der Waals surface area contributed by atoms with Crippen molar-refractivity contribution in [2.75, 3.05) is 0 Å². The van der Waals surface area contributed by atoms with Gasteiger partial charge in [-0.05, 0) is 29.8 Å². The smallest absolute Gasteiger partial charge is 0.489 e. The molecule has 6 nitrogen and oxygen atoms in total. The predicted molar refractivity (Wildman–Crippen MR) is 83.5 cm³/mol. The second kappa shape index (κ2) is 6.65. The third kappa shape index (κ3) is 3.88. The van der Waals surface area contributed by atoms with Crippen molar-refractivity contribution in [3.05, 3.63) is 66.4 Å². The van der Waals surface area contributed by atoms with Gasteiger partial charge in [-0.25, -0.2) is 9.78 Å². The van der Waals surface area contributed by atoms with Gasteiger partial charge in [0.25, 0.3) is 0 Å². The van der Waals surface area contributed by atoms with E-state index in [4.69, 9.17) is 9.84 Å². The van der Waals surface area contributed by atoms with Crippen molar-refractivity contribution in [2.24, 2.45) is 0 Å². The van der Waals surface area contributed by atoms with Gasteiger partial charge >= 0.3 is 6.16 Å². The Labute approximate surface area is 132 Å².